The zero-order valence-corrected chi connectivity index (χ0v) is 17.2. The molecule has 0 unspecified atom stereocenters. The molecular weight excluding hydrogens is 342 g/mol. The smallest absolute Gasteiger partial charge is 0.161 e. The average Bonchev–Trinajstić information content (AvgIpc) is 2.62. The monoisotopic (exact) mass is 380 g/mol. The van der Waals surface area contributed by atoms with Gasteiger partial charge in [0.25, 0.3) is 0 Å². The summed E-state index contributed by atoms with van der Waals surface area (Å²) in [6.45, 7) is 10.4. The molecule has 1 nitrogen and oxygen atoms in total. The first-order valence-electron chi connectivity index (χ1n) is 10.5. The van der Waals surface area contributed by atoms with Crippen molar-refractivity contribution in [2.45, 2.75) is 78.1 Å². The first kappa shape index (κ1) is 23.7. The van der Waals surface area contributed by atoms with Crippen LogP contribution in [0.1, 0.15) is 78.1 Å². The summed E-state index contributed by atoms with van der Waals surface area (Å²) in [5.74, 6) is 0.976. The van der Waals surface area contributed by atoms with Crippen molar-refractivity contribution in [2.75, 3.05) is 0 Å². The Labute approximate surface area is 164 Å². The third-order valence-electron chi connectivity index (χ3n) is 5.90. The summed E-state index contributed by atoms with van der Waals surface area (Å²) >= 11 is 0. The van der Waals surface area contributed by atoms with Gasteiger partial charge < -0.3 is 5.11 Å². The molecular formula is C24H38F2O. The highest BCUT2D eigenvalue weighted by atomic mass is 19.2. The van der Waals surface area contributed by atoms with Crippen LogP contribution >= 0.6 is 0 Å². The molecule has 0 atom stereocenters. The lowest BCUT2D eigenvalue weighted by Gasteiger charge is -2.26. The number of hydrogen-bond donors (Lipinski definition) is 1. The van der Waals surface area contributed by atoms with Crippen LogP contribution in [0.15, 0.2) is 48.8 Å². The van der Waals surface area contributed by atoms with Crippen molar-refractivity contribution in [1.82, 2.24) is 0 Å². The zero-order chi connectivity index (χ0) is 20.2. The predicted octanol–water partition coefficient (Wildman–Crippen LogP) is 8.37. The molecule has 2 aliphatic rings. The fourth-order valence-electron chi connectivity index (χ4n) is 3.94. The first-order chi connectivity index (χ1) is 12.8. The van der Waals surface area contributed by atoms with E-state index in [1.807, 2.05) is 0 Å². The number of aliphatic hydroxyl groups excluding tert-OH is 1. The van der Waals surface area contributed by atoms with Gasteiger partial charge in [-0.1, -0.05) is 77.7 Å². The molecule has 2 saturated carbocycles. The normalized spacial score (nSPS) is 29.1. The van der Waals surface area contributed by atoms with Gasteiger partial charge in [-0.15, -0.1) is 0 Å². The van der Waals surface area contributed by atoms with Gasteiger partial charge in [0.1, 0.15) is 5.76 Å². The zero-order valence-electron chi connectivity index (χ0n) is 17.2. The molecule has 0 amide bonds. The standard InChI is InChI=1S/C18H32.C6H6F2O/c1-15-7-11-17(12-8-15)5-3-4-6-18-13-9-16(2)10-14-18;1-4(9)3-6(8)5(2)7/h3,5,15-18H,4,6-14H2,1-2H3;3,9H,1-2H2/b5-3+;6-3+. The minimum Gasteiger partial charge on any atom is -0.508 e. The van der Waals surface area contributed by atoms with Crippen LogP contribution in [0.5, 0.6) is 0 Å². The van der Waals surface area contributed by atoms with Crippen molar-refractivity contribution in [3.63, 3.8) is 0 Å². The van der Waals surface area contributed by atoms with Crippen molar-refractivity contribution in [3.8, 4) is 0 Å². The van der Waals surface area contributed by atoms with Gasteiger partial charge in [0.05, 0.1) is 0 Å². The van der Waals surface area contributed by atoms with Crippen molar-refractivity contribution in [2.24, 2.45) is 23.7 Å². The van der Waals surface area contributed by atoms with Crippen molar-refractivity contribution >= 4 is 0 Å². The molecule has 0 saturated heterocycles. The van der Waals surface area contributed by atoms with Gasteiger partial charge in [-0.3, -0.25) is 0 Å². The van der Waals surface area contributed by atoms with E-state index in [1.165, 1.54) is 64.2 Å². The molecule has 0 bridgehead atoms. The molecule has 0 aliphatic heterocycles. The second-order valence-electron chi connectivity index (χ2n) is 8.54. The second kappa shape index (κ2) is 12.9. The maximum atomic E-state index is 11.9. The Morgan fingerprint density at radius 3 is 1.89 bits per heavy atom. The molecule has 0 heterocycles. The molecule has 1 N–H and O–H groups in total. The largest absolute Gasteiger partial charge is 0.508 e. The number of allylic oxidation sites excluding steroid dienone is 5. The first-order valence-corrected chi connectivity index (χ1v) is 10.5. The number of aliphatic hydroxyl groups is 1. The molecule has 2 aliphatic carbocycles. The summed E-state index contributed by atoms with van der Waals surface area (Å²) in [4.78, 5) is 0. The number of rotatable bonds is 6. The van der Waals surface area contributed by atoms with Crippen LogP contribution in [-0.2, 0) is 0 Å². The van der Waals surface area contributed by atoms with Gasteiger partial charge >= 0.3 is 0 Å². The molecule has 0 aromatic rings. The van der Waals surface area contributed by atoms with Gasteiger partial charge in [-0.2, -0.15) is 0 Å². The number of halogens is 2. The van der Waals surface area contributed by atoms with Crippen molar-refractivity contribution in [3.05, 3.63) is 48.8 Å². The van der Waals surface area contributed by atoms with Gasteiger partial charge in [-0.05, 0) is 49.4 Å². The van der Waals surface area contributed by atoms with Crippen LogP contribution in [0.3, 0.4) is 0 Å². The molecule has 0 radical (unpaired) electrons. The Kier molecular flexibility index (Phi) is 11.3. The lowest BCUT2D eigenvalue weighted by atomic mass is 9.80. The maximum absolute atomic E-state index is 11.9. The highest BCUT2D eigenvalue weighted by Gasteiger charge is 2.18. The van der Waals surface area contributed by atoms with Crippen LogP contribution in [0.25, 0.3) is 0 Å². The van der Waals surface area contributed by atoms with E-state index in [0.29, 0.717) is 6.08 Å². The van der Waals surface area contributed by atoms with Crippen molar-refractivity contribution in [1.29, 1.82) is 0 Å². The van der Waals surface area contributed by atoms with Gasteiger partial charge in [0.2, 0.25) is 0 Å². The fraction of sp³-hybridized carbons (Fsp3) is 0.667. The lowest BCUT2D eigenvalue weighted by molar-refractivity contribution is 0.278. The van der Waals surface area contributed by atoms with E-state index >= 15 is 0 Å². The molecule has 0 aromatic carbocycles. The molecule has 27 heavy (non-hydrogen) atoms. The SMILES string of the molecule is C=C(O)/C=C(/F)C(=C)F.CC1CCC(/C=C/CCC2CCC(C)CC2)CC1. The highest BCUT2D eigenvalue weighted by molar-refractivity contribution is 5.21. The van der Waals surface area contributed by atoms with E-state index in [9.17, 15) is 8.78 Å². The maximum Gasteiger partial charge on any atom is 0.161 e. The molecule has 2 fully saturated rings. The van der Waals surface area contributed by atoms with Crippen LogP contribution < -0.4 is 0 Å². The summed E-state index contributed by atoms with van der Waals surface area (Å²) in [5.41, 5.74) is 0. The van der Waals surface area contributed by atoms with Gasteiger partial charge in [0, 0.05) is 6.08 Å². The van der Waals surface area contributed by atoms with Crippen LogP contribution in [-0.4, -0.2) is 5.11 Å². The molecule has 0 spiro atoms. The quantitative estimate of drug-likeness (QED) is 0.279. The van der Waals surface area contributed by atoms with Crippen LogP contribution in [0.4, 0.5) is 8.78 Å². The molecule has 154 valence electrons. The van der Waals surface area contributed by atoms with E-state index < -0.39 is 17.4 Å². The second-order valence-corrected chi connectivity index (χ2v) is 8.54. The minimum absolute atomic E-state index is 0.536. The van der Waals surface area contributed by atoms with E-state index in [0.717, 1.165) is 23.7 Å². The Morgan fingerprint density at radius 1 is 0.926 bits per heavy atom. The molecule has 3 heteroatoms. The summed E-state index contributed by atoms with van der Waals surface area (Å²) in [7, 11) is 0. The molecule has 2 rings (SSSR count). The summed E-state index contributed by atoms with van der Waals surface area (Å²) in [5, 5.41) is 8.25. The summed E-state index contributed by atoms with van der Waals surface area (Å²) < 4.78 is 23.6. The summed E-state index contributed by atoms with van der Waals surface area (Å²) in [6.07, 6.45) is 20.1. The van der Waals surface area contributed by atoms with Gasteiger partial charge in [0.15, 0.2) is 11.7 Å². The lowest BCUT2D eigenvalue weighted by Crippen LogP contribution is -2.12. The molecule has 0 aromatic heterocycles. The Morgan fingerprint density at radius 2 is 1.44 bits per heavy atom. The third-order valence-corrected chi connectivity index (χ3v) is 5.90. The highest BCUT2D eigenvalue weighted by Crippen LogP contribution is 2.32. The average molecular weight is 381 g/mol. The van der Waals surface area contributed by atoms with E-state index in [2.05, 4.69) is 39.2 Å². The summed E-state index contributed by atoms with van der Waals surface area (Å²) in [6, 6.07) is 0. The van der Waals surface area contributed by atoms with E-state index in [4.69, 9.17) is 5.11 Å². The Bertz CT molecular complexity index is 504. The number of hydrogen-bond acceptors (Lipinski definition) is 1. The Hall–Kier alpha value is -1.38. The topological polar surface area (TPSA) is 20.2 Å². The van der Waals surface area contributed by atoms with Gasteiger partial charge in [-0.25, -0.2) is 8.78 Å². The van der Waals surface area contributed by atoms with Crippen molar-refractivity contribution < 1.29 is 13.9 Å². The van der Waals surface area contributed by atoms with E-state index in [1.54, 1.807) is 0 Å². The van der Waals surface area contributed by atoms with Crippen LogP contribution in [0, 0.1) is 23.7 Å². The van der Waals surface area contributed by atoms with Crippen LogP contribution in [0.2, 0.25) is 0 Å². The van der Waals surface area contributed by atoms with E-state index in [-0.39, 0.29) is 0 Å². The Balaban J connectivity index is 0.000000345. The fourth-order valence-corrected chi connectivity index (χ4v) is 3.94. The third kappa shape index (κ3) is 11.1. The minimum atomic E-state index is -1.22. The predicted molar refractivity (Wildman–Crippen MR) is 112 cm³/mol.